The minimum absolute atomic E-state index is 0.164. The monoisotopic (exact) mass is 324 g/mol. The van der Waals surface area contributed by atoms with Crippen molar-refractivity contribution in [3.05, 3.63) is 19.7 Å². The number of aromatic hydroxyl groups is 1. The first-order valence-electron chi connectivity index (χ1n) is 4.48. The second-order valence-electron chi connectivity index (χ2n) is 3.49. The van der Waals surface area contributed by atoms with Crippen molar-refractivity contribution < 1.29 is 9.84 Å². The summed E-state index contributed by atoms with van der Waals surface area (Å²) in [5.74, 6) is 0.269. The molecule has 0 aliphatic heterocycles. The zero-order chi connectivity index (χ0) is 11.6. The van der Waals surface area contributed by atoms with Crippen LogP contribution in [0.5, 0.6) is 5.88 Å². The number of methoxy groups -OCH3 is 1. The van der Waals surface area contributed by atoms with E-state index in [1.165, 1.54) is 0 Å². The molecule has 0 spiro atoms. The first-order chi connectivity index (χ1) is 6.97. The smallest absolute Gasteiger partial charge is 0.268 e. The van der Waals surface area contributed by atoms with Crippen LogP contribution in [-0.2, 0) is 4.74 Å². The molecule has 1 heterocycles. The molecule has 0 aliphatic rings. The van der Waals surface area contributed by atoms with Gasteiger partial charge in [0.1, 0.15) is 15.5 Å². The van der Waals surface area contributed by atoms with Crippen molar-refractivity contribution in [2.45, 2.75) is 20.0 Å². The van der Waals surface area contributed by atoms with Crippen LogP contribution in [0.2, 0.25) is 0 Å². The van der Waals surface area contributed by atoms with Gasteiger partial charge < -0.3 is 14.8 Å². The zero-order valence-electron chi connectivity index (χ0n) is 8.74. The lowest BCUT2D eigenvalue weighted by Crippen LogP contribution is -2.20. The van der Waals surface area contributed by atoms with Gasteiger partial charge in [-0.25, -0.2) is 0 Å². The Morgan fingerprint density at radius 1 is 1.53 bits per heavy atom. The molecule has 0 saturated carbocycles. The summed E-state index contributed by atoms with van der Waals surface area (Å²) in [6.07, 6.45) is -0.319. The third-order valence-electron chi connectivity index (χ3n) is 1.99. The van der Waals surface area contributed by atoms with Crippen molar-refractivity contribution in [1.82, 2.24) is 9.97 Å². The molecule has 2 N–H and O–H groups in total. The van der Waals surface area contributed by atoms with Crippen LogP contribution in [0, 0.1) is 9.49 Å². The summed E-state index contributed by atoms with van der Waals surface area (Å²) in [6, 6.07) is 0. The minimum Gasteiger partial charge on any atom is -0.492 e. The predicted molar refractivity (Wildman–Crippen MR) is 63.8 cm³/mol. The zero-order valence-corrected chi connectivity index (χ0v) is 10.9. The number of rotatable bonds is 3. The lowest BCUT2D eigenvalue weighted by Gasteiger charge is -2.18. The van der Waals surface area contributed by atoms with E-state index < -0.39 is 0 Å². The van der Waals surface area contributed by atoms with E-state index in [-0.39, 0.29) is 27.0 Å². The SMILES string of the molecule is COC(c1nc(O)c(I)c(=O)[nH]1)C(C)C. The molecule has 1 rings (SSSR count). The van der Waals surface area contributed by atoms with E-state index in [0.29, 0.717) is 5.82 Å². The molecule has 1 atom stereocenters. The highest BCUT2D eigenvalue weighted by Crippen LogP contribution is 2.23. The molecule has 0 aliphatic carbocycles. The van der Waals surface area contributed by atoms with Crippen LogP contribution < -0.4 is 5.56 Å². The Kier molecular flexibility index (Phi) is 4.09. The molecule has 5 nitrogen and oxygen atoms in total. The molecular weight excluding hydrogens is 311 g/mol. The molecule has 1 aromatic rings. The molecule has 0 aromatic carbocycles. The molecule has 0 saturated heterocycles. The van der Waals surface area contributed by atoms with E-state index >= 15 is 0 Å². The van der Waals surface area contributed by atoms with Crippen molar-refractivity contribution >= 4 is 22.6 Å². The van der Waals surface area contributed by atoms with Crippen LogP contribution in [-0.4, -0.2) is 22.2 Å². The van der Waals surface area contributed by atoms with E-state index in [1.807, 2.05) is 13.8 Å². The number of hydrogen-bond acceptors (Lipinski definition) is 4. The Morgan fingerprint density at radius 2 is 2.13 bits per heavy atom. The Hall–Kier alpha value is -0.630. The van der Waals surface area contributed by atoms with Gasteiger partial charge in [0.05, 0.1) is 0 Å². The molecule has 0 radical (unpaired) electrons. The highest BCUT2D eigenvalue weighted by Gasteiger charge is 2.19. The lowest BCUT2D eigenvalue weighted by molar-refractivity contribution is 0.0567. The van der Waals surface area contributed by atoms with Crippen molar-refractivity contribution in [2.24, 2.45) is 5.92 Å². The molecule has 6 heteroatoms. The van der Waals surface area contributed by atoms with Gasteiger partial charge in [-0.2, -0.15) is 4.98 Å². The summed E-state index contributed by atoms with van der Waals surface area (Å²) in [5, 5.41) is 9.41. The number of ether oxygens (including phenoxy) is 1. The Bertz CT molecular complexity index is 403. The van der Waals surface area contributed by atoms with Gasteiger partial charge in [0.15, 0.2) is 0 Å². The second kappa shape index (κ2) is 4.93. The first kappa shape index (κ1) is 12.4. The number of hydrogen-bond donors (Lipinski definition) is 2. The van der Waals surface area contributed by atoms with Crippen LogP contribution in [0.15, 0.2) is 4.79 Å². The quantitative estimate of drug-likeness (QED) is 0.825. The fourth-order valence-electron chi connectivity index (χ4n) is 1.30. The number of halogens is 1. The molecule has 1 aromatic heterocycles. The number of H-pyrrole nitrogens is 1. The summed E-state index contributed by atoms with van der Waals surface area (Å²) in [6.45, 7) is 3.90. The van der Waals surface area contributed by atoms with Crippen LogP contribution in [0.25, 0.3) is 0 Å². The van der Waals surface area contributed by atoms with Crippen molar-refractivity contribution in [3.63, 3.8) is 0 Å². The van der Waals surface area contributed by atoms with Gasteiger partial charge in [-0.15, -0.1) is 0 Å². The molecule has 0 bridgehead atoms. The van der Waals surface area contributed by atoms with Gasteiger partial charge in [-0.1, -0.05) is 13.8 Å². The number of aromatic amines is 1. The Morgan fingerprint density at radius 3 is 2.53 bits per heavy atom. The Balaban J connectivity index is 3.21. The summed E-state index contributed by atoms with van der Waals surface area (Å²) in [4.78, 5) is 17.9. The summed E-state index contributed by atoms with van der Waals surface area (Å²) in [7, 11) is 1.54. The summed E-state index contributed by atoms with van der Waals surface area (Å²) in [5.41, 5.74) is -0.346. The normalized spacial score (nSPS) is 13.1. The fraction of sp³-hybridized carbons (Fsp3) is 0.556. The van der Waals surface area contributed by atoms with Crippen molar-refractivity contribution in [2.75, 3.05) is 7.11 Å². The van der Waals surface area contributed by atoms with Crippen molar-refractivity contribution in [1.29, 1.82) is 0 Å². The number of nitrogens with zero attached hydrogens (tertiary/aromatic N) is 1. The average Bonchev–Trinajstić information content (AvgIpc) is 2.14. The van der Waals surface area contributed by atoms with Gasteiger partial charge in [0.25, 0.3) is 5.56 Å². The first-order valence-corrected chi connectivity index (χ1v) is 5.56. The Labute approximate surface area is 101 Å². The van der Waals surface area contributed by atoms with Crippen LogP contribution in [0.3, 0.4) is 0 Å². The topological polar surface area (TPSA) is 75.2 Å². The standard InChI is InChI=1S/C9H13IN2O3/c1-4(2)6(15-3)7-11-8(13)5(10)9(14)12-7/h4,6H,1-3H3,(H2,11,12,13,14). The summed E-state index contributed by atoms with van der Waals surface area (Å²) >= 11 is 1.74. The molecule has 84 valence electrons. The van der Waals surface area contributed by atoms with Crippen molar-refractivity contribution in [3.8, 4) is 5.88 Å². The van der Waals surface area contributed by atoms with E-state index in [2.05, 4.69) is 9.97 Å². The minimum atomic E-state index is -0.346. The largest absolute Gasteiger partial charge is 0.492 e. The molecular formula is C9H13IN2O3. The lowest BCUT2D eigenvalue weighted by atomic mass is 10.1. The van der Waals surface area contributed by atoms with Crippen LogP contribution >= 0.6 is 22.6 Å². The molecule has 1 unspecified atom stereocenters. The van der Waals surface area contributed by atoms with E-state index in [0.717, 1.165) is 0 Å². The van der Waals surface area contributed by atoms with Gasteiger partial charge in [0.2, 0.25) is 5.88 Å². The van der Waals surface area contributed by atoms with E-state index in [9.17, 15) is 9.90 Å². The molecule has 0 fully saturated rings. The van der Waals surface area contributed by atoms with Gasteiger partial charge >= 0.3 is 0 Å². The molecule has 0 amide bonds. The van der Waals surface area contributed by atoms with E-state index in [1.54, 1.807) is 29.7 Å². The highest BCUT2D eigenvalue weighted by molar-refractivity contribution is 14.1. The molecule has 15 heavy (non-hydrogen) atoms. The summed E-state index contributed by atoms with van der Waals surface area (Å²) < 4.78 is 5.39. The highest BCUT2D eigenvalue weighted by atomic mass is 127. The maximum Gasteiger partial charge on any atom is 0.268 e. The maximum atomic E-state index is 11.4. The average molecular weight is 324 g/mol. The van der Waals surface area contributed by atoms with Gasteiger partial charge in [-0.05, 0) is 28.5 Å². The van der Waals surface area contributed by atoms with Gasteiger partial charge in [-0.3, -0.25) is 4.79 Å². The van der Waals surface area contributed by atoms with Crippen LogP contribution in [0.1, 0.15) is 25.8 Å². The van der Waals surface area contributed by atoms with Gasteiger partial charge in [0, 0.05) is 7.11 Å². The number of aromatic nitrogens is 2. The third kappa shape index (κ3) is 2.69. The third-order valence-corrected chi connectivity index (χ3v) is 2.96. The predicted octanol–water partition coefficient (Wildman–Crippen LogP) is 1.42. The number of nitrogens with one attached hydrogen (secondary N) is 1. The maximum absolute atomic E-state index is 11.4. The fourth-order valence-corrected chi connectivity index (χ4v) is 1.55. The van der Waals surface area contributed by atoms with E-state index in [4.69, 9.17) is 4.74 Å². The second-order valence-corrected chi connectivity index (χ2v) is 4.57. The van der Waals surface area contributed by atoms with Crippen LogP contribution in [0.4, 0.5) is 0 Å².